The molecule has 3 aromatic rings. The first-order valence-electron chi connectivity index (χ1n) is 9.74. The van der Waals surface area contributed by atoms with Crippen LogP contribution in [0.2, 0.25) is 0 Å². The van der Waals surface area contributed by atoms with Crippen molar-refractivity contribution in [3.63, 3.8) is 0 Å². The van der Waals surface area contributed by atoms with E-state index in [4.69, 9.17) is 22.2 Å². The summed E-state index contributed by atoms with van der Waals surface area (Å²) in [6.45, 7) is 2.68. The molecule has 0 radical (unpaired) electrons. The lowest BCUT2D eigenvalue weighted by Gasteiger charge is -2.36. The maximum atomic E-state index is 6.30. The number of benzene rings is 1. The minimum Gasteiger partial charge on any atom is -0.398 e. The minimum absolute atomic E-state index is 0.271. The van der Waals surface area contributed by atoms with Crippen LogP contribution in [0.3, 0.4) is 0 Å². The predicted molar refractivity (Wildman–Crippen MR) is 113 cm³/mol. The maximum absolute atomic E-state index is 6.30. The van der Waals surface area contributed by atoms with Crippen molar-refractivity contribution in [1.82, 2.24) is 19.5 Å². The van der Waals surface area contributed by atoms with Crippen molar-refractivity contribution in [1.29, 1.82) is 0 Å². The summed E-state index contributed by atoms with van der Waals surface area (Å²) in [4.78, 5) is 15.9. The van der Waals surface area contributed by atoms with E-state index in [9.17, 15) is 0 Å². The smallest absolute Gasteiger partial charge is 0.230 e. The van der Waals surface area contributed by atoms with Crippen molar-refractivity contribution < 1.29 is 0 Å². The lowest BCUT2D eigenvalue weighted by Crippen LogP contribution is -2.41. The summed E-state index contributed by atoms with van der Waals surface area (Å²) < 4.78 is 1.87. The van der Waals surface area contributed by atoms with Gasteiger partial charge in [0.2, 0.25) is 5.95 Å². The molecule has 0 aliphatic heterocycles. The zero-order chi connectivity index (χ0) is 19.8. The van der Waals surface area contributed by atoms with Crippen molar-refractivity contribution >= 4 is 28.6 Å². The molecule has 1 aromatic carbocycles. The molecule has 1 fully saturated rings. The Kier molecular flexibility index (Phi) is 4.80. The molecule has 0 atom stereocenters. The summed E-state index contributed by atoms with van der Waals surface area (Å²) in [7, 11) is 1.91. The lowest BCUT2D eigenvalue weighted by atomic mass is 9.90. The van der Waals surface area contributed by atoms with Crippen molar-refractivity contribution in [2.24, 2.45) is 12.8 Å². The molecule has 2 aromatic heterocycles. The van der Waals surface area contributed by atoms with E-state index < -0.39 is 0 Å². The van der Waals surface area contributed by atoms with Crippen LogP contribution in [0.15, 0.2) is 24.5 Å². The lowest BCUT2D eigenvalue weighted by molar-refractivity contribution is 0.371. The largest absolute Gasteiger partial charge is 0.398 e. The van der Waals surface area contributed by atoms with E-state index in [2.05, 4.69) is 27.0 Å². The highest BCUT2D eigenvalue weighted by molar-refractivity contribution is 5.82. The van der Waals surface area contributed by atoms with Crippen LogP contribution in [0.5, 0.6) is 0 Å². The first-order valence-corrected chi connectivity index (χ1v) is 9.74. The average molecular weight is 381 g/mol. The van der Waals surface area contributed by atoms with Crippen molar-refractivity contribution in [3.05, 3.63) is 35.7 Å². The van der Waals surface area contributed by atoms with Crippen LogP contribution in [0, 0.1) is 6.92 Å². The topological polar surface area (TPSA) is 125 Å². The van der Waals surface area contributed by atoms with Crippen LogP contribution < -0.4 is 22.1 Å². The van der Waals surface area contributed by atoms with E-state index in [1.165, 1.54) is 0 Å². The third-order valence-corrected chi connectivity index (χ3v) is 5.66. The van der Waals surface area contributed by atoms with E-state index in [0.29, 0.717) is 29.9 Å². The summed E-state index contributed by atoms with van der Waals surface area (Å²) >= 11 is 0. The second-order valence-electron chi connectivity index (χ2n) is 7.84. The summed E-state index contributed by atoms with van der Waals surface area (Å²) in [6.07, 6.45) is 5.70. The summed E-state index contributed by atoms with van der Waals surface area (Å²) in [5.74, 6) is 1.02. The number of hydrogen-bond acceptors (Lipinski definition) is 7. The highest BCUT2D eigenvalue weighted by atomic mass is 15.3. The Balaban J connectivity index is 1.75. The van der Waals surface area contributed by atoms with Gasteiger partial charge < -0.3 is 26.7 Å². The summed E-state index contributed by atoms with van der Waals surface area (Å²) in [6, 6.07) is 6.74. The number of anilines is 3. The molecule has 8 heteroatoms. The third-order valence-electron chi connectivity index (χ3n) is 5.66. The fourth-order valence-electron chi connectivity index (χ4n) is 3.96. The molecule has 0 amide bonds. The van der Waals surface area contributed by atoms with Gasteiger partial charge in [0.15, 0.2) is 11.5 Å². The Labute approximate surface area is 164 Å². The molecule has 148 valence electrons. The Morgan fingerprint density at radius 3 is 2.61 bits per heavy atom. The second kappa shape index (κ2) is 7.27. The van der Waals surface area contributed by atoms with E-state index in [1.807, 2.05) is 24.6 Å². The Morgan fingerprint density at radius 1 is 1.14 bits per heavy atom. The first kappa shape index (κ1) is 18.5. The van der Waals surface area contributed by atoms with Gasteiger partial charge in [-0.2, -0.15) is 9.97 Å². The van der Waals surface area contributed by atoms with Crippen molar-refractivity contribution in [3.8, 4) is 0 Å². The predicted octanol–water partition coefficient (Wildman–Crippen LogP) is 2.11. The highest BCUT2D eigenvalue weighted by Gasteiger charge is 2.28. The molecule has 8 nitrogen and oxygen atoms in total. The number of aryl methyl sites for hydroxylation is 2. The molecule has 4 rings (SSSR count). The van der Waals surface area contributed by atoms with Crippen LogP contribution in [0.4, 0.5) is 17.5 Å². The number of imidazole rings is 1. The van der Waals surface area contributed by atoms with E-state index in [-0.39, 0.29) is 6.04 Å². The zero-order valence-corrected chi connectivity index (χ0v) is 16.5. The number of aromatic nitrogens is 4. The minimum atomic E-state index is 0.271. The quantitative estimate of drug-likeness (QED) is 0.592. The van der Waals surface area contributed by atoms with Gasteiger partial charge in [0.1, 0.15) is 5.52 Å². The fraction of sp³-hybridized carbons (Fsp3) is 0.450. The van der Waals surface area contributed by atoms with E-state index in [0.717, 1.165) is 48.1 Å². The van der Waals surface area contributed by atoms with E-state index in [1.54, 1.807) is 6.33 Å². The molecule has 0 bridgehead atoms. The molecular formula is C20H28N8. The molecule has 0 spiro atoms. The van der Waals surface area contributed by atoms with Gasteiger partial charge >= 0.3 is 0 Å². The van der Waals surface area contributed by atoms with Gasteiger partial charge in [-0.3, -0.25) is 0 Å². The van der Waals surface area contributed by atoms with Crippen LogP contribution in [-0.2, 0) is 13.6 Å². The molecule has 6 N–H and O–H groups in total. The first-order chi connectivity index (χ1) is 13.4. The van der Waals surface area contributed by atoms with Crippen LogP contribution in [-0.4, -0.2) is 31.6 Å². The van der Waals surface area contributed by atoms with Crippen molar-refractivity contribution in [2.75, 3.05) is 16.4 Å². The zero-order valence-electron chi connectivity index (χ0n) is 16.5. The van der Waals surface area contributed by atoms with Gasteiger partial charge in [0, 0.05) is 31.4 Å². The molecule has 28 heavy (non-hydrogen) atoms. The summed E-state index contributed by atoms with van der Waals surface area (Å²) in [5.41, 5.74) is 23.0. The third kappa shape index (κ3) is 3.47. The molecular weight excluding hydrogens is 352 g/mol. The molecule has 1 saturated carbocycles. The van der Waals surface area contributed by atoms with Crippen LogP contribution >= 0.6 is 0 Å². The Hall–Kier alpha value is -2.87. The van der Waals surface area contributed by atoms with Gasteiger partial charge in [-0.25, -0.2) is 4.98 Å². The van der Waals surface area contributed by atoms with Crippen LogP contribution in [0.1, 0.15) is 36.8 Å². The Bertz CT molecular complexity index is 987. The Morgan fingerprint density at radius 2 is 1.89 bits per heavy atom. The number of nitrogens with zero attached hydrogens (tertiary/aromatic N) is 5. The number of nitrogens with two attached hydrogens (primary N) is 3. The van der Waals surface area contributed by atoms with E-state index >= 15 is 0 Å². The maximum Gasteiger partial charge on any atom is 0.230 e. The van der Waals surface area contributed by atoms with Gasteiger partial charge in [-0.15, -0.1) is 0 Å². The van der Waals surface area contributed by atoms with Gasteiger partial charge in [0.05, 0.1) is 6.33 Å². The second-order valence-corrected chi connectivity index (χ2v) is 7.84. The highest BCUT2D eigenvalue weighted by Crippen LogP contribution is 2.30. The monoisotopic (exact) mass is 380 g/mol. The molecule has 1 aliphatic carbocycles. The number of rotatable bonds is 4. The summed E-state index contributed by atoms with van der Waals surface area (Å²) in [5, 5.41) is 0. The van der Waals surface area contributed by atoms with Crippen molar-refractivity contribution in [2.45, 2.75) is 51.2 Å². The standard InChI is InChI=1S/C20H28N8/c1-12-3-4-13(16(22)9-12)10-28(15-7-5-14(21)6-8-15)20-25-18(23)17-19(26-20)27(2)11-24-17/h3-4,9,11,14-15H,5-8,10,21-22H2,1-2H3,(H2,23,25,26). The number of nitrogen functional groups attached to an aromatic ring is 2. The van der Waals surface area contributed by atoms with Gasteiger partial charge in [0.25, 0.3) is 0 Å². The molecule has 0 saturated heterocycles. The fourth-order valence-corrected chi connectivity index (χ4v) is 3.96. The number of hydrogen-bond donors (Lipinski definition) is 3. The molecule has 2 heterocycles. The average Bonchev–Trinajstić information content (AvgIpc) is 3.04. The molecule has 0 unspecified atom stereocenters. The van der Waals surface area contributed by atoms with Gasteiger partial charge in [-0.05, 0) is 49.8 Å². The normalized spacial score (nSPS) is 19.8. The van der Waals surface area contributed by atoms with Gasteiger partial charge in [-0.1, -0.05) is 12.1 Å². The molecule has 1 aliphatic rings. The SMILES string of the molecule is Cc1ccc(CN(c2nc(N)c3ncn(C)c3n2)C2CCC(N)CC2)c(N)c1. The van der Waals surface area contributed by atoms with Crippen LogP contribution in [0.25, 0.3) is 11.2 Å². The number of fused-ring (bicyclic) bond motifs is 1.